The highest BCUT2D eigenvalue weighted by atomic mass is 28.3. The van der Waals surface area contributed by atoms with Gasteiger partial charge in [-0.2, -0.15) is 0 Å². The molecule has 2 rings (SSSR count). The van der Waals surface area contributed by atoms with Crippen LogP contribution in [0.15, 0.2) is 15.8 Å². The van der Waals surface area contributed by atoms with Gasteiger partial charge in [-0.25, -0.2) is 4.79 Å². The van der Waals surface area contributed by atoms with Gasteiger partial charge in [0.25, 0.3) is 5.56 Å². The van der Waals surface area contributed by atoms with Crippen LogP contribution in [0.5, 0.6) is 0 Å². The van der Waals surface area contributed by atoms with Gasteiger partial charge in [-0.05, 0) is 27.7 Å². The van der Waals surface area contributed by atoms with Crippen LogP contribution in [0.3, 0.4) is 0 Å². The first-order valence-electron chi connectivity index (χ1n) is 8.69. The normalized spacial score (nSPS) is 29.3. The second-order valence-corrected chi connectivity index (χ2v) is 11.4. The molecule has 1 aromatic heterocycles. The third-order valence-electron chi connectivity index (χ3n) is 4.76. The van der Waals surface area contributed by atoms with Gasteiger partial charge >= 0.3 is 5.69 Å². The van der Waals surface area contributed by atoms with Gasteiger partial charge in [0.05, 0.1) is 21.0 Å². The average molecular weight is 385 g/mol. The Balaban J connectivity index is 2.67. The van der Waals surface area contributed by atoms with Crippen LogP contribution in [-0.2, 0) is 19.6 Å². The first-order chi connectivity index (χ1) is 11.9. The fraction of sp³-hybridized carbons (Fsp3) is 0.706. The van der Waals surface area contributed by atoms with Crippen LogP contribution < -0.4 is 11.2 Å². The molecule has 0 saturated carbocycles. The van der Waals surface area contributed by atoms with E-state index in [1.165, 1.54) is 10.8 Å². The molecular formula is C17H28N2O6Si. The number of nitrogens with zero attached hydrogens (tertiary/aromatic N) is 1. The number of aromatic amines is 1. The summed E-state index contributed by atoms with van der Waals surface area (Å²) in [4.78, 5) is 38.5. The second kappa shape index (κ2) is 6.88. The Morgan fingerprint density at radius 2 is 2.08 bits per heavy atom. The summed E-state index contributed by atoms with van der Waals surface area (Å²) in [6.45, 7) is 10.6. The van der Waals surface area contributed by atoms with E-state index in [4.69, 9.17) is 9.47 Å². The molecule has 1 fully saturated rings. The molecule has 146 valence electrons. The van der Waals surface area contributed by atoms with Crippen LogP contribution >= 0.6 is 0 Å². The largest absolute Gasteiger partial charge is 0.393 e. The molecule has 2 N–H and O–H groups in total. The van der Waals surface area contributed by atoms with E-state index in [1.54, 1.807) is 6.92 Å². The van der Waals surface area contributed by atoms with E-state index in [9.17, 15) is 19.5 Å². The van der Waals surface area contributed by atoms with Gasteiger partial charge in [0.1, 0.15) is 11.5 Å². The first-order valence-corrected chi connectivity index (χ1v) is 11.6. The standard InChI is InChI=1S/C17H28N2O6Si/c1-11-8-19(14(23)18-13(11)22)17(26(5)6)7-12(24-15(2,3)4)16(9-20,10-21)25-17/h8-9,12,21,26H,7,10H2,1-6H3,(H,18,22,23)/t12-,16+,17-/m0/s1. The minimum absolute atomic E-state index is 0.235. The maximum Gasteiger partial charge on any atom is 0.330 e. The van der Waals surface area contributed by atoms with E-state index in [0.717, 1.165) is 0 Å². The van der Waals surface area contributed by atoms with Gasteiger partial charge in [-0.15, -0.1) is 0 Å². The highest BCUT2D eigenvalue weighted by molar-refractivity contribution is 6.58. The Morgan fingerprint density at radius 3 is 2.54 bits per heavy atom. The third kappa shape index (κ3) is 3.48. The van der Waals surface area contributed by atoms with Crippen LogP contribution in [0.25, 0.3) is 0 Å². The number of aromatic nitrogens is 2. The second-order valence-electron chi connectivity index (χ2n) is 8.20. The van der Waals surface area contributed by atoms with E-state index in [0.29, 0.717) is 11.8 Å². The number of aryl methyl sites for hydroxylation is 1. The monoisotopic (exact) mass is 384 g/mol. The zero-order valence-corrected chi connectivity index (χ0v) is 17.3. The SMILES string of the molecule is Cc1cn([C@@]2([SiH](C)C)C[C@H](OC(C)(C)C)[C@@](C=O)(CO)O2)c(=O)[nH]c1=O. The summed E-state index contributed by atoms with van der Waals surface area (Å²) in [5, 5.41) is 8.84. The van der Waals surface area contributed by atoms with E-state index in [2.05, 4.69) is 4.98 Å². The molecule has 0 aromatic carbocycles. The Morgan fingerprint density at radius 1 is 1.46 bits per heavy atom. The Kier molecular flexibility index (Phi) is 5.49. The first kappa shape index (κ1) is 20.8. The molecule has 0 spiro atoms. The fourth-order valence-corrected chi connectivity index (χ4v) is 5.23. The van der Waals surface area contributed by atoms with Gasteiger partial charge in [-0.3, -0.25) is 19.1 Å². The lowest BCUT2D eigenvalue weighted by Gasteiger charge is -2.36. The molecule has 8 nitrogen and oxygen atoms in total. The van der Waals surface area contributed by atoms with Crippen molar-refractivity contribution in [3.8, 4) is 0 Å². The molecule has 0 bridgehead atoms. The number of carbonyl (C=O) groups excluding carboxylic acids is 1. The van der Waals surface area contributed by atoms with Crippen molar-refractivity contribution in [2.75, 3.05) is 6.61 Å². The lowest BCUT2D eigenvalue weighted by atomic mass is 9.98. The summed E-state index contributed by atoms with van der Waals surface area (Å²) >= 11 is 0. The molecule has 2 heterocycles. The number of aldehydes is 1. The molecule has 9 heteroatoms. The molecule has 0 aliphatic carbocycles. The van der Waals surface area contributed by atoms with Crippen LogP contribution in [0.1, 0.15) is 32.8 Å². The Labute approximate surface area is 153 Å². The lowest BCUT2D eigenvalue weighted by molar-refractivity contribution is -0.176. The predicted octanol–water partition coefficient (Wildman–Crippen LogP) is 0.0577. The van der Waals surface area contributed by atoms with E-state index in [1.807, 2.05) is 33.9 Å². The quantitative estimate of drug-likeness (QED) is 0.549. The van der Waals surface area contributed by atoms with E-state index >= 15 is 0 Å². The third-order valence-corrected chi connectivity index (χ3v) is 7.20. The maximum absolute atomic E-state index is 12.5. The van der Waals surface area contributed by atoms with Crippen LogP contribution in [0, 0.1) is 6.92 Å². The number of rotatable bonds is 5. The zero-order valence-electron chi connectivity index (χ0n) is 16.2. The summed E-state index contributed by atoms with van der Waals surface area (Å²) in [5.74, 6) is 0. The topological polar surface area (TPSA) is 111 Å². The summed E-state index contributed by atoms with van der Waals surface area (Å²) in [6.07, 6.45) is 1.53. The number of ether oxygens (including phenoxy) is 2. The van der Waals surface area contributed by atoms with Crippen molar-refractivity contribution in [1.29, 1.82) is 0 Å². The van der Waals surface area contributed by atoms with Crippen molar-refractivity contribution in [2.24, 2.45) is 0 Å². The van der Waals surface area contributed by atoms with Crippen molar-refractivity contribution in [1.82, 2.24) is 9.55 Å². The lowest BCUT2D eigenvalue weighted by Crippen LogP contribution is -2.54. The van der Waals surface area contributed by atoms with Crippen LogP contribution in [0.2, 0.25) is 13.1 Å². The highest BCUT2D eigenvalue weighted by Crippen LogP contribution is 2.44. The molecule has 1 saturated heterocycles. The fourth-order valence-electron chi connectivity index (χ4n) is 3.34. The number of carbonyl (C=O) groups is 1. The van der Waals surface area contributed by atoms with Crippen molar-refractivity contribution < 1.29 is 19.4 Å². The Bertz CT molecular complexity index is 796. The van der Waals surface area contributed by atoms with Gasteiger partial charge in [0.15, 0.2) is 11.9 Å². The highest BCUT2D eigenvalue weighted by Gasteiger charge is 2.60. The molecule has 0 amide bonds. The van der Waals surface area contributed by atoms with Crippen molar-refractivity contribution in [3.05, 3.63) is 32.6 Å². The van der Waals surface area contributed by atoms with E-state index in [-0.39, 0.29) is 6.42 Å². The number of aliphatic hydroxyl groups excluding tert-OH is 1. The molecule has 1 aromatic rings. The maximum atomic E-state index is 12.5. The summed E-state index contributed by atoms with van der Waals surface area (Å²) < 4.78 is 13.6. The van der Waals surface area contributed by atoms with Crippen LogP contribution in [0.4, 0.5) is 0 Å². The van der Waals surface area contributed by atoms with Crippen molar-refractivity contribution >= 4 is 15.1 Å². The van der Waals surface area contributed by atoms with Gasteiger partial charge in [-0.1, -0.05) is 13.1 Å². The van der Waals surface area contributed by atoms with Gasteiger partial charge in [0.2, 0.25) is 0 Å². The minimum atomic E-state index is -1.80. The average Bonchev–Trinajstić information content (AvgIpc) is 2.85. The summed E-state index contributed by atoms with van der Waals surface area (Å²) in [7, 11) is -1.80. The molecule has 1 aliphatic rings. The minimum Gasteiger partial charge on any atom is -0.393 e. The van der Waals surface area contributed by atoms with Gasteiger partial charge < -0.3 is 14.6 Å². The predicted molar refractivity (Wildman–Crippen MR) is 99.1 cm³/mol. The van der Waals surface area contributed by atoms with Crippen LogP contribution in [-0.4, -0.2) is 53.7 Å². The zero-order chi connectivity index (χ0) is 19.9. The molecule has 1 aliphatic heterocycles. The number of aliphatic hydroxyl groups is 1. The molecule has 0 unspecified atom stereocenters. The molecular weight excluding hydrogens is 356 g/mol. The molecule has 26 heavy (non-hydrogen) atoms. The number of hydrogen-bond acceptors (Lipinski definition) is 6. The van der Waals surface area contributed by atoms with Crippen molar-refractivity contribution in [2.45, 2.75) is 69.9 Å². The Hall–Kier alpha value is -1.55. The smallest absolute Gasteiger partial charge is 0.330 e. The summed E-state index contributed by atoms with van der Waals surface area (Å²) in [5.41, 5.74) is -2.83. The number of hydrogen-bond donors (Lipinski definition) is 2. The molecule has 3 atom stereocenters. The van der Waals surface area contributed by atoms with Crippen molar-refractivity contribution in [3.63, 3.8) is 0 Å². The number of nitrogens with one attached hydrogen (secondary N) is 1. The summed E-state index contributed by atoms with van der Waals surface area (Å²) in [6, 6.07) is 0. The molecule has 0 radical (unpaired) electrons. The van der Waals surface area contributed by atoms with E-state index < -0.39 is 49.3 Å². The number of H-pyrrole nitrogens is 1. The van der Waals surface area contributed by atoms with Gasteiger partial charge in [0, 0.05) is 18.2 Å².